The Kier molecular flexibility index (Phi) is 8.21. The Hall–Kier alpha value is -2.12. The van der Waals surface area contributed by atoms with Crippen LogP contribution >= 0.6 is 28.1 Å². The van der Waals surface area contributed by atoms with Gasteiger partial charge in [0, 0.05) is 16.6 Å². The number of nitrogens with zero attached hydrogens (tertiary/aromatic N) is 1. The lowest BCUT2D eigenvalue weighted by Gasteiger charge is -2.11. The summed E-state index contributed by atoms with van der Waals surface area (Å²) in [7, 11) is 0. The Morgan fingerprint density at radius 1 is 1.16 bits per heavy atom. The average molecular weight is 422 g/mol. The quantitative estimate of drug-likeness (QED) is 0.294. The normalized spacial score (nSPS) is 10.5. The van der Waals surface area contributed by atoms with Gasteiger partial charge in [-0.05, 0) is 49.5 Å². The summed E-state index contributed by atoms with van der Waals surface area (Å²) in [6.45, 7) is 3.60. The molecule has 0 aliphatic carbocycles. The van der Waals surface area contributed by atoms with Crippen LogP contribution in [0.25, 0.3) is 0 Å². The Morgan fingerprint density at radius 2 is 1.92 bits per heavy atom. The smallest absolute Gasteiger partial charge is 0.186 e. The topological polar surface area (TPSA) is 54.9 Å². The highest BCUT2D eigenvalue weighted by Crippen LogP contribution is 2.21. The van der Waals surface area contributed by atoms with Gasteiger partial charge in [0.2, 0.25) is 0 Å². The van der Waals surface area contributed by atoms with Crippen molar-refractivity contribution in [3.8, 4) is 11.5 Å². The number of hydrazone groups is 1. The second-order valence-corrected chi connectivity index (χ2v) is 6.25. The number of hydrogen-bond acceptors (Lipinski definition) is 4. The summed E-state index contributed by atoms with van der Waals surface area (Å²) in [4.78, 5) is 0. The summed E-state index contributed by atoms with van der Waals surface area (Å²) in [5.74, 6) is 1.55. The molecule has 2 aromatic carbocycles. The lowest BCUT2D eigenvalue weighted by Crippen LogP contribution is -2.31. The van der Waals surface area contributed by atoms with Crippen LogP contribution in [0.15, 0.2) is 58.1 Å². The fourth-order valence-electron chi connectivity index (χ4n) is 1.94. The molecule has 5 nitrogen and oxygen atoms in total. The molecule has 0 atom stereocenters. The lowest BCUT2D eigenvalue weighted by molar-refractivity contribution is 0.217. The fourth-order valence-corrected chi connectivity index (χ4v) is 2.52. The number of hydrogen-bond donors (Lipinski definition) is 2. The van der Waals surface area contributed by atoms with Gasteiger partial charge in [0.05, 0.1) is 6.21 Å². The highest BCUT2D eigenvalue weighted by atomic mass is 79.9. The van der Waals surface area contributed by atoms with Crippen molar-refractivity contribution in [3.05, 3.63) is 58.6 Å². The van der Waals surface area contributed by atoms with Gasteiger partial charge in [-0.3, -0.25) is 5.43 Å². The molecule has 0 bridgehead atoms. The van der Waals surface area contributed by atoms with E-state index >= 15 is 0 Å². The highest BCUT2D eigenvalue weighted by molar-refractivity contribution is 9.10. The van der Waals surface area contributed by atoms with Crippen LogP contribution < -0.4 is 20.2 Å². The van der Waals surface area contributed by atoms with Crippen molar-refractivity contribution in [3.63, 3.8) is 0 Å². The number of benzene rings is 2. The van der Waals surface area contributed by atoms with Crippen LogP contribution in [0.5, 0.6) is 11.5 Å². The predicted octanol–water partition coefficient (Wildman–Crippen LogP) is 3.72. The number of ether oxygens (including phenoxy) is 2. The number of halogens is 1. The van der Waals surface area contributed by atoms with Gasteiger partial charge in [0.1, 0.15) is 24.7 Å². The minimum absolute atomic E-state index is 0.431. The zero-order chi connectivity index (χ0) is 17.9. The molecule has 2 N–H and O–H groups in total. The Balaban J connectivity index is 1.89. The van der Waals surface area contributed by atoms with Gasteiger partial charge in [-0.2, -0.15) is 5.10 Å². The summed E-state index contributed by atoms with van der Waals surface area (Å²) in [6, 6.07) is 15.4. The van der Waals surface area contributed by atoms with E-state index in [2.05, 4.69) is 31.8 Å². The molecule has 0 aliphatic rings. The largest absolute Gasteiger partial charge is 0.490 e. The Labute approximate surface area is 161 Å². The van der Waals surface area contributed by atoms with E-state index in [-0.39, 0.29) is 0 Å². The zero-order valence-electron chi connectivity index (χ0n) is 13.9. The maximum absolute atomic E-state index is 5.81. The molecule has 0 heterocycles. The first kappa shape index (κ1) is 19.2. The van der Waals surface area contributed by atoms with Gasteiger partial charge >= 0.3 is 0 Å². The summed E-state index contributed by atoms with van der Waals surface area (Å²) >= 11 is 8.52. The number of nitrogens with one attached hydrogen (secondary N) is 2. The van der Waals surface area contributed by atoms with Gasteiger partial charge in [-0.1, -0.05) is 34.1 Å². The van der Waals surface area contributed by atoms with E-state index in [9.17, 15) is 0 Å². The third-order valence-electron chi connectivity index (χ3n) is 3.03. The number of thiocarbonyl (C=S) groups is 1. The second-order valence-electron chi connectivity index (χ2n) is 4.92. The molecular formula is C18H20BrN3O2S. The van der Waals surface area contributed by atoms with Crippen LogP contribution in [0, 0.1) is 0 Å². The monoisotopic (exact) mass is 421 g/mol. The van der Waals surface area contributed by atoms with Crippen molar-refractivity contribution in [2.24, 2.45) is 5.10 Å². The molecule has 7 heteroatoms. The first-order valence-electron chi connectivity index (χ1n) is 7.86. The van der Waals surface area contributed by atoms with Crippen LogP contribution in [-0.2, 0) is 0 Å². The van der Waals surface area contributed by atoms with Crippen LogP contribution in [0.3, 0.4) is 0 Å². The van der Waals surface area contributed by atoms with Crippen molar-refractivity contribution in [1.29, 1.82) is 0 Å². The van der Waals surface area contributed by atoms with Crippen molar-refractivity contribution in [2.75, 3.05) is 19.8 Å². The van der Waals surface area contributed by atoms with Gasteiger partial charge in [0.25, 0.3) is 0 Å². The highest BCUT2D eigenvalue weighted by Gasteiger charge is 2.03. The van der Waals surface area contributed by atoms with Crippen LogP contribution in [0.1, 0.15) is 12.5 Å². The zero-order valence-corrected chi connectivity index (χ0v) is 16.3. The van der Waals surface area contributed by atoms with Gasteiger partial charge in [-0.25, -0.2) is 0 Å². The molecule has 0 aliphatic heterocycles. The first-order chi connectivity index (χ1) is 12.2. The van der Waals surface area contributed by atoms with E-state index in [1.54, 1.807) is 6.21 Å². The van der Waals surface area contributed by atoms with Crippen molar-refractivity contribution in [2.45, 2.75) is 6.92 Å². The van der Waals surface area contributed by atoms with Crippen molar-refractivity contribution in [1.82, 2.24) is 10.7 Å². The summed E-state index contributed by atoms with van der Waals surface area (Å²) in [6.07, 6.45) is 1.67. The van der Waals surface area contributed by atoms with Crippen LogP contribution in [-0.4, -0.2) is 31.1 Å². The van der Waals surface area contributed by atoms with E-state index in [1.807, 2.05) is 55.5 Å². The molecule has 2 aromatic rings. The fraction of sp³-hybridized carbons (Fsp3) is 0.222. The maximum Gasteiger partial charge on any atom is 0.186 e. The molecule has 0 amide bonds. The Morgan fingerprint density at radius 3 is 2.68 bits per heavy atom. The predicted molar refractivity (Wildman–Crippen MR) is 109 cm³/mol. The van der Waals surface area contributed by atoms with Gasteiger partial charge < -0.3 is 14.8 Å². The number of para-hydroxylation sites is 1. The minimum atomic E-state index is 0.431. The second kappa shape index (κ2) is 10.7. The molecule has 25 heavy (non-hydrogen) atoms. The third kappa shape index (κ3) is 7.11. The number of rotatable bonds is 8. The molecule has 0 spiro atoms. The molecular weight excluding hydrogens is 402 g/mol. The molecule has 2 rings (SSSR count). The van der Waals surface area contributed by atoms with E-state index < -0.39 is 0 Å². The van der Waals surface area contributed by atoms with Gasteiger partial charge in [-0.15, -0.1) is 0 Å². The molecule has 0 saturated heterocycles. The minimum Gasteiger partial charge on any atom is -0.490 e. The Bertz CT molecular complexity index is 711. The lowest BCUT2D eigenvalue weighted by atomic mass is 10.2. The first-order valence-corrected chi connectivity index (χ1v) is 9.06. The summed E-state index contributed by atoms with van der Waals surface area (Å²) in [5, 5.41) is 7.57. The van der Waals surface area contributed by atoms with Crippen LogP contribution in [0.2, 0.25) is 0 Å². The van der Waals surface area contributed by atoms with Crippen molar-refractivity contribution < 1.29 is 9.47 Å². The van der Waals surface area contributed by atoms with Crippen molar-refractivity contribution >= 4 is 39.5 Å². The van der Waals surface area contributed by atoms with E-state index in [4.69, 9.17) is 21.7 Å². The van der Waals surface area contributed by atoms with Gasteiger partial charge in [0.15, 0.2) is 5.11 Å². The van der Waals surface area contributed by atoms with Crippen LogP contribution in [0.4, 0.5) is 0 Å². The molecule has 0 unspecified atom stereocenters. The molecule has 0 saturated carbocycles. The standard InChI is InChI=1S/C18H20BrN3O2S/c1-2-20-18(25)22-21-13-14-12-15(19)8-9-17(14)24-11-10-23-16-6-4-3-5-7-16/h3-9,12-13H,2,10-11H2,1H3,(H2,20,22,25). The van der Waals surface area contributed by atoms with E-state index in [1.165, 1.54) is 0 Å². The average Bonchev–Trinajstić information content (AvgIpc) is 2.61. The maximum atomic E-state index is 5.81. The SMILES string of the molecule is CCNC(=S)NN=Cc1cc(Br)ccc1OCCOc1ccccc1. The summed E-state index contributed by atoms with van der Waals surface area (Å²) in [5.41, 5.74) is 3.60. The van der Waals surface area contributed by atoms with E-state index in [0.29, 0.717) is 18.3 Å². The molecule has 0 radical (unpaired) electrons. The van der Waals surface area contributed by atoms with E-state index in [0.717, 1.165) is 28.1 Å². The molecule has 0 aromatic heterocycles. The summed E-state index contributed by atoms with van der Waals surface area (Å²) < 4.78 is 12.4. The molecule has 132 valence electrons. The molecule has 0 fully saturated rings. The third-order valence-corrected chi connectivity index (χ3v) is 3.76.